The molecular formula is C13H19NO2. The van der Waals surface area contributed by atoms with Crippen molar-refractivity contribution in [1.82, 2.24) is 0 Å². The molecule has 16 heavy (non-hydrogen) atoms. The first kappa shape index (κ1) is 12.6. The molecule has 2 N–H and O–H groups in total. The van der Waals surface area contributed by atoms with Gasteiger partial charge in [-0.1, -0.05) is 13.8 Å². The summed E-state index contributed by atoms with van der Waals surface area (Å²) in [7, 11) is 0. The molecule has 0 amide bonds. The second-order valence-corrected chi connectivity index (χ2v) is 4.47. The average Bonchev–Trinajstić information content (AvgIpc) is 2.16. The molecule has 3 heteroatoms. The number of benzene rings is 1. The predicted octanol–water partition coefficient (Wildman–Crippen LogP) is 2.86. The minimum atomic E-state index is -0.284. The molecular weight excluding hydrogens is 202 g/mol. The van der Waals surface area contributed by atoms with Gasteiger partial charge in [0.25, 0.3) is 0 Å². The van der Waals surface area contributed by atoms with E-state index in [4.69, 9.17) is 10.5 Å². The van der Waals surface area contributed by atoms with Crippen LogP contribution < -0.4 is 5.73 Å². The van der Waals surface area contributed by atoms with Gasteiger partial charge in [0.05, 0.1) is 11.7 Å². The number of ether oxygens (including phenoxy) is 1. The SMILES string of the molecule is CC(C)CC(C)OC(=O)c1ccc(N)cc1. The fraction of sp³-hybridized carbons (Fsp3) is 0.462. The van der Waals surface area contributed by atoms with Crippen molar-refractivity contribution in [3.63, 3.8) is 0 Å². The third kappa shape index (κ3) is 3.93. The molecule has 1 unspecified atom stereocenters. The van der Waals surface area contributed by atoms with Crippen LogP contribution in [-0.2, 0) is 4.74 Å². The molecule has 0 aliphatic rings. The highest BCUT2D eigenvalue weighted by Crippen LogP contribution is 2.12. The van der Waals surface area contributed by atoms with Crippen molar-refractivity contribution < 1.29 is 9.53 Å². The summed E-state index contributed by atoms with van der Waals surface area (Å²) in [6.45, 7) is 6.12. The number of hydrogen-bond donors (Lipinski definition) is 1. The quantitative estimate of drug-likeness (QED) is 0.628. The molecule has 0 aliphatic carbocycles. The lowest BCUT2D eigenvalue weighted by atomic mass is 10.1. The van der Waals surface area contributed by atoms with Crippen molar-refractivity contribution in [1.29, 1.82) is 0 Å². The number of nitrogen functional groups attached to an aromatic ring is 1. The molecule has 0 heterocycles. The Kier molecular flexibility index (Phi) is 4.35. The van der Waals surface area contributed by atoms with Gasteiger partial charge in [-0.05, 0) is 43.5 Å². The Labute approximate surface area is 96.6 Å². The smallest absolute Gasteiger partial charge is 0.338 e. The van der Waals surface area contributed by atoms with Crippen LogP contribution in [0.15, 0.2) is 24.3 Å². The van der Waals surface area contributed by atoms with Crippen molar-refractivity contribution in [3.05, 3.63) is 29.8 Å². The van der Waals surface area contributed by atoms with E-state index in [1.165, 1.54) is 0 Å². The van der Waals surface area contributed by atoms with Gasteiger partial charge in [0.1, 0.15) is 0 Å². The normalized spacial score (nSPS) is 12.5. The van der Waals surface area contributed by atoms with E-state index in [1.807, 2.05) is 6.92 Å². The van der Waals surface area contributed by atoms with Crippen LogP contribution in [0, 0.1) is 5.92 Å². The van der Waals surface area contributed by atoms with Crippen LogP contribution in [0.5, 0.6) is 0 Å². The summed E-state index contributed by atoms with van der Waals surface area (Å²) >= 11 is 0. The lowest BCUT2D eigenvalue weighted by Gasteiger charge is -2.15. The Morgan fingerprint density at radius 2 is 1.81 bits per heavy atom. The maximum atomic E-state index is 11.7. The lowest BCUT2D eigenvalue weighted by molar-refractivity contribution is 0.0300. The maximum Gasteiger partial charge on any atom is 0.338 e. The summed E-state index contributed by atoms with van der Waals surface area (Å²) in [6.07, 6.45) is 0.825. The molecule has 0 spiro atoms. The van der Waals surface area contributed by atoms with E-state index in [-0.39, 0.29) is 12.1 Å². The molecule has 0 fully saturated rings. The highest BCUT2D eigenvalue weighted by Gasteiger charge is 2.12. The average molecular weight is 221 g/mol. The highest BCUT2D eigenvalue weighted by molar-refractivity contribution is 5.89. The molecule has 0 aromatic heterocycles. The van der Waals surface area contributed by atoms with Crippen LogP contribution in [-0.4, -0.2) is 12.1 Å². The van der Waals surface area contributed by atoms with Gasteiger partial charge in [-0.3, -0.25) is 0 Å². The van der Waals surface area contributed by atoms with Gasteiger partial charge in [-0.25, -0.2) is 4.79 Å². The van der Waals surface area contributed by atoms with Crippen molar-refractivity contribution in [2.75, 3.05) is 5.73 Å². The van der Waals surface area contributed by atoms with Gasteiger partial charge in [0.15, 0.2) is 0 Å². The van der Waals surface area contributed by atoms with Crippen LogP contribution in [0.1, 0.15) is 37.6 Å². The van der Waals surface area contributed by atoms with Crippen LogP contribution in [0.4, 0.5) is 5.69 Å². The Balaban J connectivity index is 2.55. The third-order valence-electron chi connectivity index (χ3n) is 2.26. The number of nitrogens with two attached hydrogens (primary N) is 1. The monoisotopic (exact) mass is 221 g/mol. The Hall–Kier alpha value is -1.51. The Morgan fingerprint density at radius 1 is 1.25 bits per heavy atom. The number of esters is 1. The minimum Gasteiger partial charge on any atom is -0.459 e. The first-order chi connectivity index (χ1) is 7.49. The van der Waals surface area contributed by atoms with E-state index in [0.29, 0.717) is 17.2 Å². The second kappa shape index (κ2) is 5.54. The second-order valence-electron chi connectivity index (χ2n) is 4.47. The maximum absolute atomic E-state index is 11.7. The number of carbonyl (C=O) groups is 1. The summed E-state index contributed by atoms with van der Waals surface area (Å²) in [4.78, 5) is 11.7. The van der Waals surface area contributed by atoms with E-state index in [0.717, 1.165) is 6.42 Å². The zero-order valence-electron chi connectivity index (χ0n) is 10.1. The topological polar surface area (TPSA) is 52.3 Å². The van der Waals surface area contributed by atoms with Crippen LogP contribution in [0.2, 0.25) is 0 Å². The number of carbonyl (C=O) groups excluding carboxylic acids is 1. The summed E-state index contributed by atoms with van der Waals surface area (Å²) in [5.41, 5.74) is 6.73. The minimum absolute atomic E-state index is 0.0509. The first-order valence-corrected chi connectivity index (χ1v) is 5.55. The molecule has 0 aliphatic heterocycles. The molecule has 1 atom stereocenters. The van der Waals surface area contributed by atoms with Crippen molar-refractivity contribution >= 4 is 11.7 Å². The van der Waals surface area contributed by atoms with Crippen molar-refractivity contribution in [2.45, 2.75) is 33.3 Å². The molecule has 0 radical (unpaired) electrons. The van der Waals surface area contributed by atoms with Gasteiger partial charge in [0, 0.05) is 5.69 Å². The number of rotatable bonds is 4. The summed E-state index contributed by atoms with van der Waals surface area (Å²) in [5, 5.41) is 0. The van der Waals surface area contributed by atoms with Gasteiger partial charge >= 0.3 is 5.97 Å². The van der Waals surface area contributed by atoms with Crippen LogP contribution in [0.3, 0.4) is 0 Å². The predicted molar refractivity (Wildman–Crippen MR) is 65.2 cm³/mol. The van der Waals surface area contributed by atoms with E-state index < -0.39 is 0 Å². The Morgan fingerprint density at radius 3 is 2.31 bits per heavy atom. The fourth-order valence-corrected chi connectivity index (χ4v) is 1.58. The van der Waals surface area contributed by atoms with Gasteiger partial charge in [0.2, 0.25) is 0 Å². The van der Waals surface area contributed by atoms with Crippen LogP contribution >= 0.6 is 0 Å². The summed E-state index contributed by atoms with van der Waals surface area (Å²) < 4.78 is 5.31. The van der Waals surface area contributed by atoms with E-state index >= 15 is 0 Å². The van der Waals surface area contributed by atoms with E-state index in [1.54, 1.807) is 24.3 Å². The molecule has 0 saturated carbocycles. The molecule has 88 valence electrons. The fourth-order valence-electron chi connectivity index (χ4n) is 1.58. The summed E-state index contributed by atoms with van der Waals surface area (Å²) in [5.74, 6) is 0.238. The standard InChI is InChI=1S/C13H19NO2/c1-9(2)8-10(3)16-13(15)11-4-6-12(14)7-5-11/h4-7,9-10H,8,14H2,1-3H3. The lowest BCUT2D eigenvalue weighted by Crippen LogP contribution is -2.16. The van der Waals surface area contributed by atoms with Crippen molar-refractivity contribution in [3.8, 4) is 0 Å². The Bertz CT molecular complexity index is 343. The molecule has 1 aromatic rings. The number of anilines is 1. The van der Waals surface area contributed by atoms with Crippen LogP contribution in [0.25, 0.3) is 0 Å². The largest absolute Gasteiger partial charge is 0.459 e. The van der Waals surface area contributed by atoms with Crippen molar-refractivity contribution in [2.24, 2.45) is 5.92 Å². The van der Waals surface area contributed by atoms with E-state index in [9.17, 15) is 4.79 Å². The molecule has 3 nitrogen and oxygen atoms in total. The van der Waals surface area contributed by atoms with Gasteiger partial charge < -0.3 is 10.5 Å². The molecule has 0 bridgehead atoms. The zero-order chi connectivity index (χ0) is 12.1. The first-order valence-electron chi connectivity index (χ1n) is 5.55. The number of hydrogen-bond acceptors (Lipinski definition) is 3. The zero-order valence-corrected chi connectivity index (χ0v) is 10.1. The molecule has 1 aromatic carbocycles. The summed E-state index contributed by atoms with van der Waals surface area (Å²) in [6, 6.07) is 6.76. The van der Waals surface area contributed by atoms with Gasteiger partial charge in [-0.2, -0.15) is 0 Å². The molecule has 0 saturated heterocycles. The molecule has 1 rings (SSSR count). The van der Waals surface area contributed by atoms with E-state index in [2.05, 4.69) is 13.8 Å². The third-order valence-corrected chi connectivity index (χ3v) is 2.26. The highest BCUT2D eigenvalue weighted by atomic mass is 16.5. The van der Waals surface area contributed by atoms with Gasteiger partial charge in [-0.15, -0.1) is 0 Å².